The highest BCUT2D eigenvalue weighted by molar-refractivity contribution is 6.02. The maximum Gasteiger partial charge on any atom is 0.256 e. The van der Waals surface area contributed by atoms with Crippen LogP contribution in [0.15, 0.2) is 48.5 Å². The van der Waals surface area contributed by atoms with E-state index < -0.39 is 0 Å². The zero-order valence-electron chi connectivity index (χ0n) is 22.3. The molecule has 194 valence electrons. The van der Waals surface area contributed by atoms with Gasteiger partial charge in [-0.2, -0.15) is 0 Å². The summed E-state index contributed by atoms with van der Waals surface area (Å²) in [6, 6.07) is 15.4. The lowest BCUT2D eigenvalue weighted by Crippen LogP contribution is -2.36. The quantitative estimate of drug-likeness (QED) is 0.583. The molecule has 0 unspecified atom stereocenters. The Morgan fingerprint density at radius 3 is 2.33 bits per heavy atom. The number of hydrogen-bond acceptors (Lipinski definition) is 4. The number of carbonyl (C=O) groups excluding carboxylic acids is 3. The van der Waals surface area contributed by atoms with Crippen LogP contribution in [0, 0.1) is 11.8 Å². The molecule has 0 aromatic heterocycles. The van der Waals surface area contributed by atoms with Gasteiger partial charge in [-0.1, -0.05) is 58.0 Å². The van der Waals surface area contributed by atoms with E-state index >= 15 is 0 Å². The van der Waals surface area contributed by atoms with E-state index in [-0.39, 0.29) is 23.6 Å². The molecule has 1 aliphatic rings. The van der Waals surface area contributed by atoms with Gasteiger partial charge in [0.15, 0.2) is 0 Å². The van der Waals surface area contributed by atoms with Crippen LogP contribution in [-0.4, -0.2) is 60.7 Å². The zero-order chi connectivity index (χ0) is 26.2. The number of carbonyl (C=O) groups is 3. The van der Waals surface area contributed by atoms with Crippen LogP contribution >= 0.6 is 0 Å². The second-order valence-corrected chi connectivity index (χ2v) is 10.3. The average Bonchev–Trinajstić information content (AvgIpc) is 3.10. The Bertz CT molecular complexity index is 1050. The van der Waals surface area contributed by atoms with Gasteiger partial charge in [0, 0.05) is 63.5 Å². The fourth-order valence-corrected chi connectivity index (χ4v) is 4.37. The molecule has 1 heterocycles. The van der Waals surface area contributed by atoms with E-state index in [1.807, 2.05) is 61.2 Å². The fourth-order valence-electron chi connectivity index (χ4n) is 4.37. The van der Waals surface area contributed by atoms with Crippen molar-refractivity contribution in [1.29, 1.82) is 0 Å². The van der Waals surface area contributed by atoms with Gasteiger partial charge in [-0.25, -0.2) is 0 Å². The number of anilines is 2. The molecule has 2 aromatic rings. The molecule has 0 bridgehead atoms. The molecule has 1 fully saturated rings. The first-order valence-corrected chi connectivity index (χ1v) is 12.9. The molecular formula is C29H40N4O3. The first kappa shape index (κ1) is 27.2. The Kier molecular flexibility index (Phi) is 9.51. The molecule has 7 heteroatoms. The lowest BCUT2D eigenvalue weighted by Gasteiger charge is -2.28. The lowest BCUT2D eigenvalue weighted by molar-refractivity contribution is -0.131. The van der Waals surface area contributed by atoms with Crippen molar-refractivity contribution < 1.29 is 14.4 Å². The van der Waals surface area contributed by atoms with Gasteiger partial charge in [-0.15, -0.1) is 0 Å². The van der Waals surface area contributed by atoms with Gasteiger partial charge >= 0.3 is 0 Å². The van der Waals surface area contributed by atoms with Crippen molar-refractivity contribution >= 4 is 29.1 Å². The molecule has 3 amide bonds. The number of amides is 3. The predicted octanol–water partition coefficient (Wildman–Crippen LogP) is 4.64. The summed E-state index contributed by atoms with van der Waals surface area (Å²) in [5.41, 5.74) is 3.04. The monoisotopic (exact) mass is 492 g/mol. The topological polar surface area (TPSA) is 73.0 Å². The molecule has 0 spiro atoms. The van der Waals surface area contributed by atoms with Crippen molar-refractivity contribution in [2.24, 2.45) is 11.8 Å². The smallest absolute Gasteiger partial charge is 0.256 e. The Labute approximate surface area is 215 Å². The first-order valence-electron chi connectivity index (χ1n) is 12.9. The summed E-state index contributed by atoms with van der Waals surface area (Å²) in [7, 11) is 1.80. The van der Waals surface area contributed by atoms with E-state index in [2.05, 4.69) is 24.1 Å². The van der Waals surface area contributed by atoms with E-state index in [1.54, 1.807) is 18.0 Å². The van der Waals surface area contributed by atoms with E-state index in [4.69, 9.17) is 0 Å². The molecule has 0 aliphatic carbocycles. The Morgan fingerprint density at radius 1 is 0.944 bits per heavy atom. The summed E-state index contributed by atoms with van der Waals surface area (Å²) in [6.07, 6.45) is 1.39. The summed E-state index contributed by atoms with van der Waals surface area (Å²) in [5, 5.41) is 2.93. The Balaban J connectivity index is 1.86. The molecule has 2 aromatic carbocycles. The second-order valence-electron chi connectivity index (χ2n) is 10.3. The van der Waals surface area contributed by atoms with Crippen LogP contribution < -0.4 is 10.2 Å². The van der Waals surface area contributed by atoms with Crippen LogP contribution in [0.3, 0.4) is 0 Å². The standard InChI is InChI=1S/C29H40N4O3/c1-21(2)18-27(34)33-15-9-14-32(16-17-33)26-13-12-24(30-28(35)22(3)4)19-25(26)29(36)31(5)20-23-10-7-6-8-11-23/h6-8,10-13,19,21-22H,9,14-18,20H2,1-5H3,(H,30,35). The maximum atomic E-state index is 13.7. The average molecular weight is 493 g/mol. The van der Waals surface area contributed by atoms with Crippen LogP contribution in [-0.2, 0) is 16.1 Å². The number of rotatable bonds is 8. The summed E-state index contributed by atoms with van der Waals surface area (Å²) < 4.78 is 0. The van der Waals surface area contributed by atoms with Crippen molar-refractivity contribution in [1.82, 2.24) is 9.80 Å². The molecule has 36 heavy (non-hydrogen) atoms. The second kappa shape index (κ2) is 12.6. The third-order valence-electron chi connectivity index (χ3n) is 6.40. The van der Waals surface area contributed by atoms with Crippen LogP contribution in [0.25, 0.3) is 0 Å². The minimum absolute atomic E-state index is 0.0899. The van der Waals surface area contributed by atoms with Crippen molar-refractivity contribution in [3.05, 3.63) is 59.7 Å². The molecule has 1 aliphatic heterocycles. The van der Waals surface area contributed by atoms with Gasteiger partial charge < -0.3 is 20.0 Å². The number of benzene rings is 2. The summed E-state index contributed by atoms with van der Waals surface area (Å²) in [5.74, 6) is 0.163. The number of nitrogens with one attached hydrogen (secondary N) is 1. The van der Waals surface area contributed by atoms with Crippen molar-refractivity contribution in [2.45, 2.75) is 47.1 Å². The highest BCUT2D eigenvalue weighted by Gasteiger charge is 2.25. The highest BCUT2D eigenvalue weighted by Crippen LogP contribution is 2.28. The molecular weight excluding hydrogens is 452 g/mol. The lowest BCUT2D eigenvalue weighted by atomic mass is 10.1. The van der Waals surface area contributed by atoms with Gasteiger partial charge in [-0.05, 0) is 36.1 Å². The van der Waals surface area contributed by atoms with Crippen LogP contribution in [0.1, 0.15) is 56.5 Å². The molecule has 1 saturated heterocycles. The third kappa shape index (κ3) is 7.33. The van der Waals surface area contributed by atoms with Gasteiger partial charge in [-0.3, -0.25) is 14.4 Å². The van der Waals surface area contributed by atoms with Crippen molar-refractivity contribution in [3.63, 3.8) is 0 Å². The summed E-state index contributed by atoms with van der Waals surface area (Å²) in [6.45, 7) is 11.1. The largest absolute Gasteiger partial charge is 0.369 e. The Morgan fingerprint density at radius 2 is 1.67 bits per heavy atom. The van der Waals surface area contributed by atoms with Crippen LogP contribution in [0.5, 0.6) is 0 Å². The van der Waals surface area contributed by atoms with Crippen molar-refractivity contribution in [2.75, 3.05) is 43.4 Å². The number of hydrogen-bond donors (Lipinski definition) is 1. The van der Waals surface area contributed by atoms with E-state index in [0.717, 1.165) is 30.8 Å². The van der Waals surface area contributed by atoms with E-state index in [1.165, 1.54) is 0 Å². The van der Waals surface area contributed by atoms with Gasteiger partial charge in [0.25, 0.3) is 5.91 Å². The van der Waals surface area contributed by atoms with E-state index in [0.29, 0.717) is 43.2 Å². The van der Waals surface area contributed by atoms with Gasteiger partial charge in [0.1, 0.15) is 0 Å². The van der Waals surface area contributed by atoms with Crippen molar-refractivity contribution in [3.8, 4) is 0 Å². The minimum atomic E-state index is -0.162. The molecule has 1 N–H and O–H groups in total. The fraction of sp³-hybridized carbons (Fsp3) is 0.483. The highest BCUT2D eigenvalue weighted by atomic mass is 16.2. The molecule has 0 radical (unpaired) electrons. The Hall–Kier alpha value is -3.35. The maximum absolute atomic E-state index is 13.7. The van der Waals surface area contributed by atoms with Gasteiger partial charge in [0.2, 0.25) is 11.8 Å². The minimum Gasteiger partial charge on any atom is -0.369 e. The molecule has 0 saturated carbocycles. The third-order valence-corrected chi connectivity index (χ3v) is 6.40. The summed E-state index contributed by atoms with van der Waals surface area (Å²) >= 11 is 0. The van der Waals surface area contributed by atoms with Crippen LogP contribution in [0.4, 0.5) is 11.4 Å². The first-order chi connectivity index (χ1) is 17.2. The molecule has 3 rings (SSSR count). The summed E-state index contributed by atoms with van der Waals surface area (Å²) in [4.78, 5) is 44.5. The predicted molar refractivity (Wildman–Crippen MR) is 145 cm³/mol. The molecule has 0 atom stereocenters. The SMILES string of the molecule is CC(C)CC(=O)N1CCCN(c2ccc(NC(=O)C(C)C)cc2C(=O)N(C)Cc2ccccc2)CC1. The normalized spacial score (nSPS) is 14.1. The number of nitrogens with zero attached hydrogens (tertiary/aromatic N) is 3. The van der Waals surface area contributed by atoms with Crippen LogP contribution in [0.2, 0.25) is 0 Å². The molecule has 7 nitrogen and oxygen atoms in total. The zero-order valence-corrected chi connectivity index (χ0v) is 22.3. The van der Waals surface area contributed by atoms with Gasteiger partial charge in [0.05, 0.1) is 5.56 Å². The van der Waals surface area contributed by atoms with E-state index in [9.17, 15) is 14.4 Å².